The fourth-order valence-electron chi connectivity index (χ4n) is 3.39. The van der Waals surface area contributed by atoms with E-state index in [-0.39, 0.29) is 10.8 Å². The largest absolute Gasteiger partial charge is 0.342 e. The van der Waals surface area contributed by atoms with Crippen LogP contribution in [0.1, 0.15) is 40.0 Å². The van der Waals surface area contributed by atoms with Crippen molar-refractivity contribution in [3.63, 3.8) is 0 Å². The molecule has 1 aliphatic heterocycles. The Morgan fingerprint density at radius 1 is 1.21 bits per heavy atom. The molecule has 160 valence electrons. The van der Waals surface area contributed by atoms with E-state index in [9.17, 15) is 13.2 Å². The van der Waals surface area contributed by atoms with Crippen LogP contribution in [0.2, 0.25) is 0 Å². The van der Waals surface area contributed by atoms with Crippen LogP contribution in [0.15, 0.2) is 28.3 Å². The zero-order valence-electron chi connectivity index (χ0n) is 17.4. The summed E-state index contributed by atoms with van der Waals surface area (Å²) in [5, 5.41) is 0.778. The van der Waals surface area contributed by atoms with Gasteiger partial charge in [-0.15, -0.1) is 0 Å². The first-order valence-electron chi connectivity index (χ1n) is 10.3. The zero-order valence-corrected chi connectivity index (χ0v) is 19.1. The normalized spacial score (nSPS) is 14.6. The summed E-state index contributed by atoms with van der Waals surface area (Å²) in [6.07, 6.45) is 3.12. The second kappa shape index (κ2) is 9.49. The van der Waals surface area contributed by atoms with Gasteiger partial charge in [0.15, 0.2) is 5.16 Å². The van der Waals surface area contributed by atoms with Gasteiger partial charge in [0.1, 0.15) is 0 Å². The van der Waals surface area contributed by atoms with Gasteiger partial charge in [0.05, 0.1) is 21.7 Å². The van der Waals surface area contributed by atoms with Crippen LogP contribution < -0.4 is 0 Å². The summed E-state index contributed by atoms with van der Waals surface area (Å²) in [5.74, 6) is 0.500. The van der Waals surface area contributed by atoms with Crippen LogP contribution in [0.25, 0.3) is 11.0 Å². The predicted octanol–water partition coefficient (Wildman–Crippen LogP) is 3.19. The monoisotopic (exact) mass is 438 g/mol. The lowest BCUT2D eigenvalue weighted by Gasteiger charge is -2.30. The molecule has 0 bridgehead atoms. The van der Waals surface area contributed by atoms with Crippen molar-refractivity contribution in [2.75, 3.05) is 31.9 Å². The summed E-state index contributed by atoms with van der Waals surface area (Å²) in [6.45, 7) is 9.16. The number of carbonyl (C=O) groups is 1. The molecule has 0 spiro atoms. The van der Waals surface area contributed by atoms with Gasteiger partial charge in [-0.05, 0) is 31.0 Å². The first-order valence-corrected chi connectivity index (χ1v) is 12.8. The Balaban J connectivity index is 1.92. The highest BCUT2D eigenvalue weighted by Gasteiger charge is 2.24. The first kappa shape index (κ1) is 22.1. The van der Waals surface area contributed by atoms with Gasteiger partial charge in [-0.2, -0.15) is 4.31 Å². The number of rotatable bonds is 10. The van der Waals surface area contributed by atoms with Gasteiger partial charge in [-0.3, -0.25) is 4.79 Å². The maximum atomic E-state index is 12.9. The Bertz CT molecular complexity index is 964. The second-order valence-electron chi connectivity index (χ2n) is 7.16. The van der Waals surface area contributed by atoms with Crippen LogP contribution in [-0.2, 0) is 21.4 Å². The SMILES string of the molecule is CCCCn1c(SCC(=O)N2CCC2)nc2cc(S(=O)(=O)N(CC)CC)ccc21. The Morgan fingerprint density at radius 3 is 2.52 bits per heavy atom. The molecular formula is C20H30N4O3S2. The van der Waals surface area contributed by atoms with Crippen LogP contribution in [0.4, 0.5) is 0 Å². The van der Waals surface area contributed by atoms with E-state index >= 15 is 0 Å². The van der Waals surface area contributed by atoms with Crippen molar-refractivity contribution in [3.05, 3.63) is 18.2 Å². The number of sulfonamides is 1. The number of unbranched alkanes of at least 4 members (excludes halogenated alkanes) is 1. The lowest BCUT2D eigenvalue weighted by molar-refractivity contribution is -0.131. The standard InChI is InChI=1S/C20H30N4O3S2/c1-4-7-13-24-18-10-9-16(29(26,27)23(5-2)6-3)14-17(18)21-20(24)28-15-19(25)22-11-8-12-22/h9-10,14H,4-8,11-13,15H2,1-3H3. The molecule has 2 aromatic rings. The molecule has 1 fully saturated rings. The van der Waals surface area contributed by atoms with Crippen LogP contribution in [0.3, 0.4) is 0 Å². The summed E-state index contributed by atoms with van der Waals surface area (Å²) in [6, 6.07) is 5.17. The Hall–Kier alpha value is -1.58. The Kier molecular flexibility index (Phi) is 7.23. The number of thioether (sulfide) groups is 1. The predicted molar refractivity (Wildman–Crippen MR) is 117 cm³/mol. The maximum absolute atomic E-state index is 12.9. The van der Waals surface area contributed by atoms with E-state index in [1.54, 1.807) is 12.1 Å². The summed E-state index contributed by atoms with van der Waals surface area (Å²) in [7, 11) is -3.53. The van der Waals surface area contributed by atoms with Gasteiger partial charge in [0, 0.05) is 32.7 Å². The van der Waals surface area contributed by atoms with Crippen molar-refractivity contribution in [3.8, 4) is 0 Å². The van der Waals surface area contributed by atoms with Gasteiger partial charge in [-0.25, -0.2) is 13.4 Å². The summed E-state index contributed by atoms with van der Waals surface area (Å²) in [4.78, 5) is 19.1. The lowest BCUT2D eigenvalue weighted by atomic mass is 10.2. The molecule has 1 aromatic heterocycles. The van der Waals surface area contributed by atoms with Gasteiger partial charge in [0.2, 0.25) is 15.9 Å². The van der Waals surface area contributed by atoms with Crippen LogP contribution in [-0.4, -0.2) is 65.0 Å². The number of imidazole rings is 1. The number of carbonyl (C=O) groups excluding carboxylic acids is 1. The van der Waals surface area contributed by atoms with Crippen molar-refractivity contribution < 1.29 is 13.2 Å². The van der Waals surface area contributed by atoms with E-state index in [4.69, 9.17) is 4.98 Å². The fourth-order valence-corrected chi connectivity index (χ4v) is 5.81. The van der Waals surface area contributed by atoms with E-state index in [1.807, 2.05) is 24.8 Å². The number of aryl methyl sites for hydroxylation is 1. The number of likely N-dealkylation sites (tertiary alicyclic amines) is 1. The second-order valence-corrected chi connectivity index (χ2v) is 10.0. The number of aromatic nitrogens is 2. The van der Waals surface area contributed by atoms with Gasteiger partial charge < -0.3 is 9.47 Å². The topological polar surface area (TPSA) is 75.5 Å². The molecule has 3 rings (SSSR count). The first-order chi connectivity index (χ1) is 13.9. The molecule has 0 aliphatic carbocycles. The average Bonchev–Trinajstić information content (AvgIpc) is 3.00. The highest BCUT2D eigenvalue weighted by Crippen LogP contribution is 2.28. The molecule has 1 amide bonds. The van der Waals surface area contributed by atoms with Gasteiger partial charge in [0.25, 0.3) is 0 Å². The number of hydrogen-bond donors (Lipinski definition) is 0. The molecule has 0 unspecified atom stereocenters. The minimum Gasteiger partial charge on any atom is -0.342 e. The third-order valence-corrected chi connectivity index (χ3v) is 8.30. The molecule has 1 saturated heterocycles. The number of amides is 1. The van der Waals surface area contributed by atoms with Crippen molar-refractivity contribution in [1.82, 2.24) is 18.8 Å². The quantitative estimate of drug-likeness (QED) is 0.533. The molecule has 1 aromatic carbocycles. The molecule has 29 heavy (non-hydrogen) atoms. The van der Waals surface area contributed by atoms with E-state index in [2.05, 4.69) is 11.5 Å². The zero-order chi connectivity index (χ0) is 21.0. The molecule has 2 heterocycles. The molecule has 0 saturated carbocycles. The van der Waals surface area contributed by atoms with E-state index in [1.165, 1.54) is 16.1 Å². The fraction of sp³-hybridized carbons (Fsp3) is 0.600. The number of nitrogens with zero attached hydrogens (tertiary/aromatic N) is 4. The minimum absolute atomic E-state index is 0.139. The summed E-state index contributed by atoms with van der Waals surface area (Å²) in [5.41, 5.74) is 1.57. The molecule has 7 nitrogen and oxygen atoms in total. The smallest absolute Gasteiger partial charge is 0.243 e. The number of fused-ring (bicyclic) bond motifs is 1. The van der Waals surface area contributed by atoms with E-state index in [0.29, 0.717) is 24.4 Å². The van der Waals surface area contributed by atoms with Crippen LogP contribution in [0, 0.1) is 0 Å². The average molecular weight is 439 g/mol. The molecule has 0 atom stereocenters. The Morgan fingerprint density at radius 2 is 1.93 bits per heavy atom. The molecule has 0 N–H and O–H groups in total. The van der Waals surface area contributed by atoms with E-state index < -0.39 is 10.0 Å². The van der Waals surface area contributed by atoms with Crippen LogP contribution >= 0.6 is 11.8 Å². The Labute approximate surface area is 177 Å². The van der Waals surface area contributed by atoms with Crippen molar-refractivity contribution >= 4 is 38.7 Å². The summed E-state index contributed by atoms with van der Waals surface area (Å²) < 4.78 is 29.3. The van der Waals surface area contributed by atoms with Crippen LogP contribution in [0.5, 0.6) is 0 Å². The summed E-state index contributed by atoms with van der Waals surface area (Å²) >= 11 is 1.44. The molecule has 9 heteroatoms. The minimum atomic E-state index is -3.53. The molecule has 1 aliphatic rings. The third-order valence-electron chi connectivity index (χ3n) is 5.30. The van der Waals surface area contributed by atoms with Crippen molar-refractivity contribution in [2.45, 2.75) is 56.6 Å². The van der Waals surface area contributed by atoms with E-state index in [0.717, 1.165) is 49.6 Å². The number of hydrogen-bond acceptors (Lipinski definition) is 5. The highest BCUT2D eigenvalue weighted by molar-refractivity contribution is 7.99. The highest BCUT2D eigenvalue weighted by atomic mass is 32.2. The van der Waals surface area contributed by atoms with Gasteiger partial charge >= 0.3 is 0 Å². The lowest BCUT2D eigenvalue weighted by Crippen LogP contribution is -2.43. The van der Waals surface area contributed by atoms with Gasteiger partial charge in [-0.1, -0.05) is 39.0 Å². The molecule has 0 radical (unpaired) electrons. The molecular weight excluding hydrogens is 408 g/mol. The number of benzene rings is 1. The maximum Gasteiger partial charge on any atom is 0.243 e. The van der Waals surface area contributed by atoms with Crippen molar-refractivity contribution in [2.24, 2.45) is 0 Å². The van der Waals surface area contributed by atoms with Crippen molar-refractivity contribution in [1.29, 1.82) is 0 Å². The third kappa shape index (κ3) is 4.62.